The normalized spacial score (nSPS) is 27.1. The maximum atomic E-state index is 13.8. The first-order valence-electron chi connectivity index (χ1n) is 6.06. The molecule has 1 aromatic carbocycles. The van der Waals surface area contributed by atoms with Crippen LogP contribution in [-0.2, 0) is 10.2 Å². The molecule has 4 heteroatoms. The molecule has 0 saturated heterocycles. The van der Waals surface area contributed by atoms with Gasteiger partial charge in [0.1, 0.15) is 11.6 Å². The number of carboxylic acids is 1. The largest absolute Gasteiger partial charge is 0.481 e. The fourth-order valence-electron chi connectivity index (χ4n) is 2.69. The van der Waals surface area contributed by atoms with E-state index in [0.29, 0.717) is 18.8 Å². The predicted molar refractivity (Wildman–Crippen MR) is 63.2 cm³/mol. The second-order valence-corrected chi connectivity index (χ2v) is 5.42. The van der Waals surface area contributed by atoms with Gasteiger partial charge in [0.05, 0.1) is 5.41 Å². The van der Waals surface area contributed by atoms with Crippen molar-refractivity contribution in [3.63, 3.8) is 0 Å². The van der Waals surface area contributed by atoms with E-state index in [4.69, 9.17) is 0 Å². The number of hydrogen-bond acceptors (Lipinski definition) is 1. The topological polar surface area (TPSA) is 37.3 Å². The molecule has 0 heterocycles. The second kappa shape index (κ2) is 4.34. The van der Waals surface area contributed by atoms with Crippen LogP contribution in [-0.4, -0.2) is 11.1 Å². The zero-order valence-corrected chi connectivity index (χ0v) is 10.4. The van der Waals surface area contributed by atoms with Gasteiger partial charge < -0.3 is 5.11 Å². The summed E-state index contributed by atoms with van der Waals surface area (Å²) in [5.41, 5.74) is -1.07. The molecule has 1 N–H and O–H groups in total. The minimum atomic E-state index is -1.17. The van der Waals surface area contributed by atoms with E-state index in [1.165, 1.54) is 6.07 Å². The van der Waals surface area contributed by atoms with E-state index >= 15 is 0 Å². The van der Waals surface area contributed by atoms with Crippen molar-refractivity contribution < 1.29 is 18.7 Å². The highest BCUT2D eigenvalue weighted by Crippen LogP contribution is 2.51. The molecule has 0 aliphatic heterocycles. The minimum Gasteiger partial charge on any atom is -0.481 e. The number of benzene rings is 1. The van der Waals surface area contributed by atoms with Crippen LogP contribution in [0.1, 0.15) is 32.3 Å². The first-order chi connectivity index (χ1) is 8.36. The average Bonchev–Trinajstić information content (AvgIpc) is 2.18. The number of aliphatic carboxylic acids is 1. The zero-order chi connectivity index (χ0) is 13.5. The van der Waals surface area contributed by atoms with Crippen molar-refractivity contribution in [1.29, 1.82) is 0 Å². The van der Waals surface area contributed by atoms with Crippen LogP contribution in [0.25, 0.3) is 0 Å². The van der Waals surface area contributed by atoms with E-state index in [9.17, 15) is 18.7 Å². The van der Waals surface area contributed by atoms with Gasteiger partial charge in [-0.25, -0.2) is 8.78 Å². The number of hydrogen-bond donors (Lipinski definition) is 1. The molecule has 1 aliphatic rings. The third-order valence-corrected chi connectivity index (χ3v) is 4.02. The van der Waals surface area contributed by atoms with E-state index in [2.05, 4.69) is 0 Å². The van der Waals surface area contributed by atoms with Gasteiger partial charge in [0.2, 0.25) is 0 Å². The van der Waals surface area contributed by atoms with E-state index in [1.807, 2.05) is 13.8 Å². The standard InChI is InChI=1S/C14H16F2O2/c1-8(2)9-6-14(7-9,13(17)18)11-4-3-10(15)5-12(11)16/h3-5,8-9H,6-7H2,1-2H3,(H,17,18). The molecule has 1 fully saturated rings. The monoisotopic (exact) mass is 254 g/mol. The molecule has 1 saturated carbocycles. The first kappa shape index (κ1) is 13.0. The van der Waals surface area contributed by atoms with Crippen molar-refractivity contribution in [3.05, 3.63) is 35.4 Å². The Bertz CT molecular complexity index is 477. The molecule has 18 heavy (non-hydrogen) atoms. The SMILES string of the molecule is CC(C)C1CC(C(=O)O)(c2ccc(F)cc2F)C1. The van der Waals surface area contributed by atoms with E-state index in [-0.39, 0.29) is 11.5 Å². The molecule has 0 atom stereocenters. The summed E-state index contributed by atoms with van der Waals surface area (Å²) in [5, 5.41) is 9.37. The highest BCUT2D eigenvalue weighted by Gasteiger charge is 2.53. The lowest BCUT2D eigenvalue weighted by atomic mass is 9.56. The molecule has 0 spiro atoms. The van der Waals surface area contributed by atoms with Crippen LogP contribution >= 0.6 is 0 Å². The van der Waals surface area contributed by atoms with Gasteiger partial charge >= 0.3 is 5.97 Å². The summed E-state index contributed by atoms with van der Waals surface area (Å²) in [4.78, 5) is 11.4. The maximum absolute atomic E-state index is 13.8. The number of carbonyl (C=O) groups is 1. The number of rotatable bonds is 3. The van der Waals surface area contributed by atoms with Gasteiger partial charge in [0, 0.05) is 11.6 Å². The molecule has 0 amide bonds. The molecule has 0 bridgehead atoms. The van der Waals surface area contributed by atoms with Crippen molar-refractivity contribution in [2.24, 2.45) is 11.8 Å². The van der Waals surface area contributed by atoms with Gasteiger partial charge in [0.15, 0.2) is 0 Å². The molecule has 0 radical (unpaired) electrons. The first-order valence-corrected chi connectivity index (χ1v) is 6.06. The molecule has 0 aromatic heterocycles. The second-order valence-electron chi connectivity index (χ2n) is 5.42. The van der Waals surface area contributed by atoms with Gasteiger partial charge in [-0.3, -0.25) is 4.79 Å². The van der Waals surface area contributed by atoms with Crippen molar-refractivity contribution in [2.75, 3.05) is 0 Å². The third-order valence-electron chi connectivity index (χ3n) is 4.02. The Morgan fingerprint density at radius 2 is 2.00 bits per heavy atom. The molecule has 2 nitrogen and oxygen atoms in total. The summed E-state index contributed by atoms with van der Waals surface area (Å²) < 4.78 is 26.6. The third kappa shape index (κ3) is 1.89. The van der Waals surface area contributed by atoms with Gasteiger partial charge in [-0.1, -0.05) is 19.9 Å². The van der Waals surface area contributed by atoms with Crippen LogP contribution in [0.2, 0.25) is 0 Å². The van der Waals surface area contributed by atoms with Crippen molar-refractivity contribution in [3.8, 4) is 0 Å². The van der Waals surface area contributed by atoms with Gasteiger partial charge in [0.25, 0.3) is 0 Å². The fraction of sp³-hybridized carbons (Fsp3) is 0.500. The van der Waals surface area contributed by atoms with Crippen LogP contribution in [0, 0.1) is 23.5 Å². The van der Waals surface area contributed by atoms with Crippen LogP contribution in [0.15, 0.2) is 18.2 Å². The summed E-state index contributed by atoms with van der Waals surface area (Å²) >= 11 is 0. The molecule has 2 rings (SSSR count). The summed E-state index contributed by atoms with van der Waals surface area (Å²) in [7, 11) is 0. The van der Waals surface area contributed by atoms with E-state index in [1.54, 1.807) is 0 Å². The Balaban J connectivity index is 2.36. The Morgan fingerprint density at radius 1 is 1.39 bits per heavy atom. The highest BCUT2D eigenvalue weighted by atomic mass is 19.1. The summed E-state index contributed by atoms with van der Waals surface area (Å²) in [6.07, 6.45) is 0.838. The summed E-state index contributed by atoms with van der Waals surface area (Å²) in [6.45, 7) is 4.05. The van der Waals surface area contributed by atoms with E-state index in [0.717, 1.165) is 12.1 Å². The molecular formula is C14H16F2O2. The fourth-order valence-corrected chi connectivity index (χ4v) is 2.69. The smallest absolute Gasteiger partial charge is 0.314 e. The average molecular weight is 254 g/mol. The Hall–Kier alpha value is -1.45. The van der Waals surface area contributed by atoms with Crippen molar-refractivity contribution in [1.82, 2.24) is 0 Å². The highest BCUT2D eigenvalue weighted by molar-refractivity contribution is 5.83. The van der Waals surface area contributed by atoms with Gasteiger partial charge in [-0.15, -0.1) is 0 Å². The predicted octanol–water partition coefficient (Wildman–Crippen LogP) is 3.35. The number of carboxylic acid groups (broad SMARTS) is 1. The Morgan fingerprint density at radius 3 is 2.44 bits per heavy atom. The molecule has 0 unspecified atom stereocenters. The van der Waals surface area contributed by atoms with Crippen LogP contribution in [0.3, 0.4) is 0 Å². The van der Waals surface area contributed by atoms with Crippen LogP contribution in [0.4, 0.5) is 8.78 Å². The molecule has 1 aromatic rings. The molecular weight excluding hydrogens is 238 g/mol. The summed E-state index contributed by atoms with van der Waals surface area (Å²) in [5.74, 6) is -1.81. The summed E-state index contributed by atoms with van der Waals surface area (Å²) in [6, 6.07) is 3.13. The Kier molecular flexibility index (Phi) is 3.13. The van der Waals surface area contributed by atoms with E-state index < -0.39 is 23.0 Å². The van der Waals surface area contributed by atoms with Crippen molar-refractivity contribution >= 4 is 5.97 Å². The Labute approximate surface area is 105 Å². The molecule has 98 valence electrons. The lowest BCUT2D eigenvalue weighted by Crippen LogP contribution is -2.49. The minimum absolute atomic E-state index is 0.105. The lowest BCUT2D eigenvalue weighted by Gasteiger charge is -2.46. The quantitative estimate of drug-likeness (QED) is 0.898. The van der Waals surface area contributed by atoms with Gasteiger partial charge in [-0.05, 0) is 30.7 Å². The maximum Gasteiger partial charge on any atom is 0.314 e. The van der Waals surface area contributed by atoms with Gasteiger partial charge in [-0.2, -0.15) is 0 Å². The number of halogens is 2. The molecule has 1 aliphatic carbocycles. The van der Waals surface area contributed by atoms with Crippen LogP contribution < -0.4 is 0 Å². The lowest BCUT2D eigenvalue weighted by molar-refractivity contribution is -0.151. The zero-order valence-electron chi connectivity index (χ0n) is 10.4. The van der Waals surface area contributed by atoms with Crippen molar-refractivity contribution in [2.45, 2.75) is 32.1 Å². The van der Waals surface area contributed by atoms with Crippen LogP contribution in [0.5, 0.6) is 0 Å².